The lowest BCUT2D eigenvalue weighted by Gasteiger charge is -2.11. The van der Waals surface area contributed by atoms with Gasteiger partial charge in [0.25, 0.3) is 5.56 Å². The third-order valence-electron chi connectivity index (χ3n) is 3.84. The third-order valence-corrected chi connectivity index (χ3v) is 4.32. The lowest BCUT2D eigenvalue weighted by atomic mass is 10.2. The van der Waals surface area contributed by atoms with Gasteiger partial charge in [0, 0.05) is 5.69 Å². The van der Waals surface area contributed by atoms with Crippen molar-refractivity contribution in [3.05, 3.63) is 75.3 Å². The molecule has 0 fully saturated rings. The summed E-state index contributed by atoms with van der Waals surface area (Å²) in [5.41, 5.74) is 3.27. The summed E-state index contributed by atoms with van der Waals surface area (Å²) in [6.45, 7) is 0. The maximum absolute atomic E-state index is 12.2. The second-order valence-corrected chi connectivity index (χ2v) is 6.52. The van der Waals surface area contributed by atoms with Crippen LogP contribution in [0.4, 0.5) is 5.69 Å². The van der Waals surface area contributed by atoms with Crippen LogP contribution in [0.5, 0.6) is 11.6 Å². The predicted molar refractivity (Wildman–Crippen MR) is 119 cm³/mol. The number of methoxy groups -OCH3 is 1. The Morgan fingerprint density at radius 3 is 2.55 bits per heavy atom. The molecule has 2 aromatic carbocycles. The van der Waals surface area contributed by atoms with Crippen molar-refractivity contribution in [1.29, 1.82) is 0 Å². The Labute approximate surface area is 176 Å². The molecule has 0 saturated heterocycles. The normalized spacial score (nSPS) is 10.7. The Bertz CT molecular complexity index is 1160. The maximum atomic E-state index is 12.2. The van der Waals surface area contributed by atoms with Crippen molar-refractivity contribution in [3.63, 3.8) is 0 Å². The molecule has 0 aliphatic carbocycles. The number of aromatic hydroxyl groups is 1. The predicted octanol–water partition coefficient (Wildman–Crippen LogP) is 2.93. The van der Waals surface area contributed by atoms with Crippen LogP contribution < -0.4 is 21.0 Å². The van der Waals surface area contributed by atoms with Gasteiger partial charge in [0.15, 0.2) is 9.88 Å². The Hall–Kier alpha value is -3.50. The van der Waals surface area contributed by atoms with Gasteiger partial charge in [-0.25, -0.2) is 0 Å². The molecule has 1 aromatic heterocycles. The van der Waals surface area contributed by atoms with Gasteiger partial charge in [-0.1, -0.05) is 18.2 Å². The highest BCUT2D eigenvalue weighted by Gasteiger charge is 2.12. The van der Waals surface area contributed by atoms with Crippen molar-refractivity contribution in [2.45, 2.75) is 0 Å². The standard InChI is InChI=1S/C19H17N5O3S2/c1-27-14-9-7-13(8-10-14)24-17(26)15(16(25)22-19(24)29)11-20-23-18(28)21-12-5-3-2-4-6-12/h2-11,26H,1H3,(H2,21,23,28)(H,22,25,29). The molecule has 1 heterocycles. The molecule has 0 saturated carbocycles. The fourth-order valence-electron chi connectivity index (χ4n) is 2.46. The van der Waals surface area contributed by atoms with E-state index in [4.69, 9.17) is 29.2 Å². The van der Waals surface area contributed by atoms with Crippen LogP contribution in [-0.4, -0.2) is 33.1 Å². The Kier molecular flexibility index (Phi) is 6.37. The van der Waals surface area contributed by atoms with Crippen LogP contribution in [0.2, 0.25) is 0 Å². The molecule has 0 radical (unpaired) electrons. The van der Waals surface area contributed by atoms with Gasteiger partial charge < -0.3 is 15.2 Å². The number of hydrogen-bond acceptors (Lipinski definition) is 6. The van der Waals surface area contributed by atoms with Crippen LogP contribution in [-0.2, 0) is 0 Å². The van der Waals surface area contributed by atoms with E-state index in [1.54, 1.807) is 31.4 Å². The van der Waals surface area contributed by atoms with E-state index in [1.807, 2.05) is 30.3 Å². The second-order valence-electron chi connectivity index (χ2n) is 5.72. The Morgan fingerprint density at radius 2 is 1.90 bits per heavy atom. The van der Waals surface area contributed by atoms with Gasteiger partial charge >= 0.3 is 0 Å². The SMILES string of the molecule is COc1ccc(-n2c(O)c(C=NNC(=S)Nc3ccccc3)c(=O)[nH]c2=S)cc1. The molecule has 29 heavy (non-hydrogen) atoms. The van der Waals surface area contributed by atoms with E-state index >= 15 is 0 Å². The zero-order valence-corrected chi connectivity index (χ0v) is 16.9. The van der Waals surface area contributed by atoms with Gasteiger partial charge in [0.05, 0.1) is 19.0 Å². The summed E-state index contributed by atoms with van der Waals surface area (Å²) in [4.78, 5) is 14.7. The number of nitrogens with one attached hydrogen (secondary N) is 3. The number of rotatable bonds is 5. The molecule has 3 rings (SSSR count). The van der Waals surface area contributed by atoms with Crippen LogP contribution >= 0.6 is 24.4 Å². The van der Waals surface area contributed by atoms with Crippen molar-refractivity contribution in [2.75, 3.05) is 12.4 Å². The van der Waals surface area contributed by atoms with E-state index in [2.05, 4.69) is 20.8 Å². The molecule has 0 unspecified atom stereocenters. The highest BCUT2D eigenvalue weighted by molar-refractivity contribution is 7.80. The van der Waals surface area contributed by atoms with Gasteiger partial charge in [-0.2, -0.15) is 5.10 Å². The minimum atomic E-state index is -0.579. The molecule has 148 valence electrons. The summed E-state index contributed by atoms with van der Waals surface area (Å²) in [5.74, 6) is 0.297. The number of aromatic amines is 1. The molecule has 0 bridgehead atoms. The zero-order chi connectivity index (χ0) is 20.8. The molecule has 0 amide bonds. The second kappa shape index (κ2) is 9.13. The Balaban J connectivity index is 1.83. The quantitative estimate of drug-likeness (QED) is 0.282. The number of H-pyrrole nitrogens is 1. The van der Waals surface area contributed by atoms with Crippen LogP contribution in [0.25, 0.3) is 5.69 Å². The summed E-state index contributed by atoms with van der Waals surface area (Å²) < 4.78 is 6.49. The third kappa shape index (κ3) is 4.86. The molecule has 3 aromatic rings. The fraction of sp³-hybridized carbons (Fsp3) is 0.0526. The van der Waals surface area contributed by atoms with Gasteiger partial charge in [-0.3, -0.25) is 19.8 Å². The summed E-state index contributed by atoms with van der Waals surface area (Å²) in [6.07, 6.45) is 1.17. The average molecular weight is 428 g/mol. The van der Waals surface area contributed by atoms with Crippen LogP contribution in [0.3, 0.4) is 0 Å². The number of anilines is 1. The number of thiocarbonyl (C=S) groups is 1. The highest BCUT2D eigenvalue weighted by atomic mass is 32.1. The molecular weight excluding hydrogens is 410 g/mol. The first-order valence-electron chi connectivity index (χ1n) is 8.37. The molecule has 0 atom stereocenters. The van der Waals surface area contributed by atoms with Gasteiger partial charge in [-0.05, 0) is 60.8 Å². The van der Waals surface area contributed by atoms with E-state index in [9.17, 15) is 9.90 Å². The number of ether oxygens (including phenoxy) is 1. The van der Waals surface area contributed by atoms with E-state index in [1.165, 1.54) is 10.8 Å². The lowest BCUT2D eigenvalue weighted by molar-refractivity contribution is 0.414. The van der Waals surface area contributed by atoms with Gasteiger partial charge in [0.1, 0.15) is 11.3 Å². The van der Waals surface area contributed by atoms with Crippen molar-refractivity contribution in [3.8, 4) is 17.3 Å². The van der Waals surface area contributed by atoms with Crippen LogP contribution in [0.15, 0.2) is 64.5 Å². The minimum absolute atomic E-state index is 0.0454. The van der Waals surface area contributed by atoms with Crippen molar-refractivity contribution in [1.82, 2.24) is 15.0 Å². The molecule has 8 nitrogen and oxygen atoms in total. The maximum Gasteiger partial charge on any atom is 0.264 e. The number of hydrazone groups is 1. The number of para-hydroxylation sites is 1. The highest BCUT2D eigenvalue weighted by Crippen LogP contribution is 2.21. The first kappa shape index (κ1) is 20.2. The number of hydrogen-bond donors (Lipinski definition) is 4. The zero-order valence-electron chi connectivity index (χ0n) is 15.2. The largest absolute Gasteiger partial charge is 0.497 e. The smallest absolute Gasteiger partial charge is 0.264 e. The molecular formula is C19H17N5O3S2. The summed E-state index contributed by atoms with van der Waals surface area (Å²) in [7, 11) is 1.55. The average Bonchev–Trinajstić information content (AvgIpc) is 2.71. The number of benzene rings is 2. The van der Waals surface area contributed by atoms with Crippen molar-refractivity contribution >= 4 is 41.5 Å². The molecule has 0 aliphatic heterocycles. The van der Waals surface area contributed by atoms with E-state index < -0.39 is 5.56 Å². The molecule has 0 aliphatic rings. The van der Waals surface area contributed by atoms with Crippen LogP contribution in [0.1, 0.15) is 5.56 Å². The van der Waals surface area contributed by atoms with E-state index in [0.29, 0.717) is 11.4 Å². The van der Waals surface area contributed by atoms with Crippen molar-refractivity contribution < 1.29 is 9.84 Å². The summed E-state index contributed by atoms with van der Waals surface area (Å²) in [6, 6.07) is 16.1. The topological polar surface area (TPSA) is 104 Å². The first-order valence-corrected chi connectivity index (χ1v) is 9.19. The number of aromatic nitrogens is 2. The van der Waals surface area contributed by atoms with Crippen LogP contribution in [0, 0.1) is 4.77 Å². The summed E-state index contributed by atoms with van der Waals surface area (Å²) in [5, 5.41) is 17.7. The summed E-state index contributed by atoms with van der Waals surface area (Å²) >= 11 is 10.3. The lowest BCUT2D eigenvalue weighted by Crippen LogP contribution is -2.25. The van der Waals surface area contributed by atoms with Crippen molar-refractivity contribution in [2.24, 2.45) is 5.10 Å². The molecule has 4 N–H and O–H groups in total. The van der Waals surface area contributed by atoms with Gasteiger partial charge in [0.2, 0.25) is 5.88 Å². The molecule has 10 heteroatoms. The monoisotopic (exact) mass is 427 g/mol. The first-order chi connectivity index (χ1) is 14.0. The fourth-order valence-corrected chi connectivity index (χ4v) is 2.92. The van der Waals surface area contributed by atoms with E-state index in [-0.39, 0.29) is 21.3 Å². The Morgan fingerprint density at radius 1 is 1.21 bits per heavy atom. The minimum Gasteiger partial charge on any atom is -0.497 e. The molecule has 0 spiro atoms. The number of nitrogens with zero attached hydrogens (tertiary/aromatic N) is 2. The van der Waals surface area contributed by atoms with E-state index in [0.717, 1.165) is 5.69 Å². The van der Waals surface area contributed by atoms with Gasteiger partial charge in [-0.15, -0.1) is 0 Å².